The number of aromatic nitrogens is 4. The van der Waals surface area contributed by atoms with E-state index in [1.165, 1.54) is 22.0 Å². The van der Waals surface area contributed by atoms with E-state index in [1.807, 2.05) is 6.20 Å². The maximum Gasteiger partial charge on any atom is 0.188 e. The van der Waals surface area contributed by atoms with E-state index in [2.05, 4.69) is 168 Å². The van der Waals surface area contributed by atoms with E-state index in [0.29, 0.717) is 5.92 Å². The van der Waals surface area contributed by atoms with Crippen molar-refractivity contribution in [3.63, 3.8) is 0 Å². The van der Waals surface area contributed by atoms with Crippen molar-refractivity contribution in [1.82, 2.24) is 18.7 Å². The van der Waals surface area contributed by atoms with Crippen LogP contribution < -0.4 is 0 Å². The maximum absolute atomic E-state index is 4.89. The van der Waals surface area contributed by atoms with Gasteiger partial charge in [0.05, 0.1) is 0 Å². The summed E-state index contributed by atoms with van der Waals surface area (Å²) in [6.45, 7) is 4.49. The van der Waals surface area contributed by atoms with Gasteiger partial charge in [0.15, 0.2) is 17.4 Å². The van der Waals surface area contributed by atoms with Gasteiger partial charge in [0.1, 0.15) is 5.82 Å². The molecule has 0 atom stereocenters. The van der Waals surface area contributed by atoms with Crippen molar-refractivity contribution in [2.24, 2.45) is 7.05 Å². The van der Waals surface area contributed by atoms with Crippen molar-refractivity contribution in [1.29, 1.82) is 0 Å². The molecule has 0 aliphatic rings. The van der Waals surface area contributed by atoms with Gasteiger partial charge in [-0.1, -0.05) is 72.8 Å². The number of nitrogens with zero attached hydrogens (tertiary/aromatic N) is 4. The first-order valence-electron chi connectivity index (χ1n) is 15.2. The minimum atomic E-state index is 0. The number of rotatable bonds is 6. The average Bonchev–Trinajstić information content (AvgIpc) is 3.59. The van der Waals surface area contributed by atoms with Crippen LogP contribution in [-0.4, -0.2) is 18.7 Å². The molecule has 6 heteroatoms. The van der Waals surface area contributed by atoms with Crippen molar-refractivity contribution < 1.29 is 21.1 Å². The molecular formula is C40H31N4PtS-. The molecule has 5 aromatic carbocycles. The van der Waals surface area contributed by atoms with Crippen molar-refractivity contribution >= 4 is 44.6 Å². The van der Waals surface area contributed by atoms with E-state index < -0.39 is 0 Å². The van der Waals surface area contributed by atoms with Gasteiger partial charge in [-0.15, -0.1) is 34.2 Å². The first-order chi connectivity index (χ1) is 22.0. The molecule has 0 aliphatic carbocycles. The standard InChI is InChI=1S/C40H31N4S.Pt/c1-27(2)32-13-4-5-14-33(32)28-21-22-41-40(23-28)44-36-16-7-6-15-34(36)35-20-19-31(25-39(35)44)45-30-12-10-11-29(24-30)43-26-42(3)37-17-8-9-18-38(37)43;/h4-23,26-27H,1-3H3;/q-1;. The second kappa shape index (κ2) is 12.4. The third-order valence-electron chi connectivity index (χ3n) is 8.47. The van der Waals surface area contributed by atoms with Crippen LogP contribution in [-0.2, 0) is 28.1 Å². The molecule has 0 saturated heterocycles. The third-order valence-corrected chi connectivity index (χ3v) is 9.38. The van der Waals surface area contributed by atoms with Gasteiger partial charge in [0, 0.05) is 57.6 Å². The molecule has 8 rings (SSSR count). The van der Waals surface area contributed by atoms with Gasteiger partial charge in [-0.05, 0) is 58.3 Å². The van der Waals surface area contributed by atoms with Crippen LogP contribution in [0.4, 0.5) is 0 Å². The second-order valence-electron chi connectivity index (χ2n) is 11.7. The van der Waals surface area contributed by atoms with Crippen molar-refractivity contribution in [2.45, 2.75) is 29.6 Å². The molecule has 0 radical (unpaired) electrons. The Morgan fingerprint density at radius 1 is 0.717 bits per heavy atom. The summed E-state index contributed by atoms with van der Waals surface area (Å²) < 4.78 is 6.59. The smallest absolute Gasteiger partial charge is 0.188 e. The topological polar surface area (TPSA) is 27.7 Å². The van der Waals surface area contributed by atoms with E-state index in [-0.39, 0.29) is 21.1 Å². The van der Waals surface area contributed by atoms with E-state index in [9.17, 15) is 0 Å². The molecule has 0 spiro atoms. The number of hydrogen-bond acceptors (Lipinski definition) is 2. The number of hydrogen-bond donors (Lipinski definition) is 0. The molecular weight excluding hydrogens is 764 g/mol. The van der Waals surface area contributed by atoms with Crippen LogP contribution >= 0.6 is 11.8 Å². The minimum Gasteiger partial charge on any atom is -0.319 e. The van der Waals surface area contributed by atoms with Crippen LogP contribution in [0.2, 0.25) is 0 Å². The molecule has 0 bridgehead atoms. The number of fused-ring (bicyclic) bond motifs is 4. The largest absolute Gasteiger partial charge is 0.319 e. The van der Waals surface area contributed by atoms with Gasteiger partial charge in [-0.3, -0.25) is 0 Å². The summed E-state index contributed by atoms with van der Waals surface area (Å²) in [5, 5.41) is 2.35. The van der Waals surface area contributed by atoms with Gasteiger partial charge in [-0.25, -0.2) is 14.1 Å². The molecule has 0 saturated carbocycles. The molecule has 0 amide bonds. The summed E-state index contributed by atoms with van der Waals surface area (Å²) >= 11 is 1.68. The Kier molecular flexibility index (Phi) is 8.14. The number of pyridine rings is 1. The summed E-state index contributed by atoms with van der Waals surface area (Å²) in [4.78, 5) is 6.96. The predicted octanol–water partition coefficient (Wildman–Crippen LogP) is 10.3. The third kappa shape index (κ3) is 5.28. The van der Waals surface area contributed by atoms with Crippen LogP contribution in [0.15, 0.2) is 138 Å². The van der Waals surface area contributed by atoms with Gasteiger partial charge in [0.2, 0.25) is 0 Å². The van der Waals surface area contributed by atoms with Crippen LogP contribution in [0.25, 0.3) is 55.5 Å². The van der Waals surface area contributed by atoms with Gasteiger partial charge >= 0.3 is 0 Å². The van der Waals surface area contributed by atoms with Crippen LogP contribution in [0.3, 0.4) is 0 Å². The summed E-state index contributed by atoms with van der Waals surface area (Å²) in [6, 6.07) is 48.1. The quantitative estimate of drug-likeness (QED) is 0.157. The van der Waals surface area contributed by atoms with Crippen molar-refractivity contribution in [2.75, 3.05) is 0 Å². The number of para-hydroxylation sites is 3. The predicted molar refractivity (Wildman–Crippen MR) is 187 cm³/mol. The first-order valence-corrected chi connectivity index (χ1v) is 16.0. The summed E-state index contributed by atoms with van der Waals surface area (Å²) in [5.74, 6) is 1.31. The second-order valence-corrected chi connectivity index (χ2v) is 12.8. The molecule has 0 unspecified atom stereocenters. The van der Waals surface area contributed by atoms with Crippen LogP contribution in [0.5, 0.6) is 0 Å². The average molecular weight is 795 g/mol. The van der Waals surface area contributed by atoms with E-state index in [1.54, 1.807) is 11.8 Å². The van der Waals surface area contributed by atoms with Gasteiger partial charge in [-0.2, -0.15) is 24.3 Å². The fraction of sp³-hybridized carbons (Fsp3) is 0.100. The molecule has 46 heavy (non-hydrogen) atoms. The monoisotopic (exact) mass is 794 g/mol. The number of imidazole rings is 1. The van der Waals surface area contributed by atoms with E-state index in [4.69, 9.17) is 4.98 Å². The Bertz CT molecular complexity index is 2370. The molecule has 0 aliphatic heterocycles. The van der Waals surface area contributed by atoms with E-state index >= 15 is 0 Å². The fourth-order valence-corrected chi connectivity index (χ4v) is 7.18. The maximum atomic E-state index is 4.89. The zero-order valence-corrected chi connectivity index (χ0v) is 28.8. The molecule has 3 aromatic heterocycles. The molecule has 8 aromatic rings. The van der Waals surface area contributed by atoms with Crippen molar-refractivity contribution in [3.05, 3.63) is 145 Å². The Balaban J connectivity index is 0.00000338. The van der Waals surface area contributed by atoms with Gasteiger partial charge < -0.3 is 4.57 Å². The first kappa shape index (κ1) is 30.2. The van der Waals surface area contributed by atoms with Crippen LogP contribution in [0, 0.1) is 12.1 Å². The Labute approximate surface area is 287 Å². The Morgan fingerprint density at radius 2 is 1.46 bits per heavy atom. The fourth-order valence-electron chi connectivity index (χ4n) is 6.35. The SMILES string of the molecule is CC(C)c1ccccc1-c1ccnc(-n2c3[c-]c(Sc4[c-]c(-n5[cH+]n(C)c6ccccc65)ccc4)ccc3c3ccccc32)c1.[Pt]. The molecule has 4 nitrogen and oxygen atoms in total. The Morgan fingerprint density at radius 3 is 2.30 bits per heavy atom. The van der Waals surface area contributed by atoms with Crippen LogP contribution in [0.1, 0.15) is 25.3 Å². The minimum absolute atomic E-state index is 0. The molecule has 0 fully saturated rings. The zero-order chi connectivity index (χ0) is 30.5. The number of benzene rings is 5. The molecule has 3 heterocycles. The molecule has 0 N–H and O–H groups in total. The number of aryl methyl sites for hydroxylation is 1. The Hall–Kier alpha value is -4.44. The normalized spacial score (nSPS) is 11.5. The van der Waals surface area contributed by atoms with Crippen molar-refractivity contribution in [3.8, 4) is 22.6 Å². The summed E-state index contributed by atoms with van der Waals surface area (Å²) in [5.41, 5.74) is 9.23. The summed E-state index contributed by atoms with van der Waals surface area (Å²) in [6.07, 6.45) is 4.04. The summed E-state index contributed by atoms with van der Waals surface area (Å²) in [7, 11) is 2.08. The zero-order valence-electron chi connectivity index (χ0n) is 25.7. The van der Waals surface area contributed by atoms with E-state index in [0.717, 1.165) is 48.8 Å². The van der Waals surface area contributed by atoms with Gasteiger partial charge in [0.25, 0.3) is 0 Å². The molecule has 228 valence electrons.